The SMILES string of the molecule is NC[C@H]1CC[C@@H](C(=O)Nc2ccc(F)c(N3CCCS3(=O)=O)c2)O1. The van der Waals surface area contributed by atoms with Gasteiger partial charge in [0, 0.05) is 18.8 Å². The molecule has 1 amide bonds. The molecule has 1 aromatic carbocycles. The third kappa shape index (κ3) is 3.38. The zero-order valence-electron chi connectivity index (χ0n) is 13.1. The van der Waals surface area contributed by atoms with Crippen LogP contribution in [0.4, 0.5) is 15.8 Å². The highest BCUT2D eigenvalue weighted by atomic mass is 32.2. The molecular weight excluding hydrogens is 337 g/mol. The summed E-state index contributed by atoms with van der Waals surface area (Å²) in [6, 6.07) is 3.89. The normalized spacial score (nSPS) is 25.8. The van der Waals surface area contributed by atoms with Crippen molar-refractivity contribution >= 4 is 27.3 Å². The van der Waals surface area contributed by atoms with Gasteiger partial charge in [-0.05, 0) is 37.5 Å². The molecule has 2 atom stereocenters. The summed E-state index contributed by atoms with van der Waals surface area (Å²) in [4.78, 5) is 12.2. The van der Waals surface area contributed by atoms with Crippen molar-refractivity contribution in [3.63, 3.8) is 0 Å². The molecule has 0 bridgehead atoms. The van der Waals surface area contributed by atoms with E-state index in [0.717, 1.165) is 16.8 Å². The summed E-state index contributed by atoms with van der Waals surface area (Å²) in [5, 5.41) is 2.65. The van der Waals surface area contributed by atoms with E-state index < -0.39 is 21.9 Å². The van der Waals surface area contributed by atoms with E-state index in [9.17, 15) is 17.6 Å². The molecule has 3 N–H and O–H groups in total. The van der Waals surface area contributed by atoms with E-state index in [1.807, 2.05) is 0 Å². The van der Waals surface area contributed by atoms with Gasteiger partial charge in [-0.2, -0.15) is 0 Å². The highest BCUT2D eigenvalue weighted by molar-refractivity contribution is 7.93. The van der Waals surface area contributed by atoms with Crippen LogP contribution < -0.4 is 15.4 Å². The van der Waals surface area contributed by atoms with Crippen molar-refractivity contribution in [1.82, 2.24) is 0 Å². The zero-order chi connectivity index (χ0) is 17.3. The molecule has 24 heavy (non-hydrogen) atoms. The molecule has 0 aromatic heterocycles. The summed E-state index contributed by atoms with van der Waals surface area (Å²) in [5.74, 6) is -0.981. The molecular formula is C15H20FN3O4S. The zero-order valence-corrected chi connectivity index (χ0v) is 13.9. The number of carbonyl (C=O) groups is 1. The Morgan fingerprint density at radius 2 is 2.21 bits per heavy atom. The summed E-state index contributed by atoms with van der Waals surface area (Å²) in [6.07, 6.45) is 1.02. The second kappa shape index (κ2) is 6.66. The summed E-state index contributed by atoms with van der Waals surface area (Å²) in [5.41, 5.74) is 5.81. The Kier molecular flexibility index (Phi) is 4.75. The van der Waals surface area contributed by atoms with E-state index >= 15 is 0 Å². The number of anilines is 2. The molecule has 2 saturated heterocycles. The van der Waals surface area contributed by atoms with Crippen LogP contribution >= 0.6 is 0 Å². The molecule has 0 aliphatic carbocycles. The molecule has 0 saturated carbocycles. The Bertz CT molecular complexity index is 740. The van der Waals surface area contributed by atoms with Crippen molar-refractivity contribution in [2.75, 3.05) is 28.5 Å². The molecule has 132 valence electrons. The van der Waals surface area contributed by atoms with Gasteiger partial charge < -0.3 is 15.8 Å². The summed E-state index contributed by atoms with van der Waals surface area (Å²) >= 11 is 0. The van der Waals surface area contributed by atoms with Crippen LogP contribution in [0.25, 0.3) is 0 Å². The minimum atomic E-state index is -3.49. The third-order valence-electron chi connectivity index (χ3n) is 4.24. The van der Waals surface area contributed by atoms with Crippen LogP contribution in [0, 0.1) is 5.82 Å². The fourth-order valence-corrected chi connectivity index (χ4v) is 4.55. The van der Waals surface area contributed by atoms with E-state index in [1.165, 1.54) is 12.1 Å². The first-order chi connectivity index (χ1) is 11.4. The lowest BCUT2D eigenvalue weighted by Crippen LogP contribution is -2.30. The molecule has 0 radical (unpaired) electrons. The topological polar surface area (TPSA) is 102 Å². The van der Waals surface area contributed by atoms with Gasteiger partial charge in [0.05, 0.1) is 17.5 Å². The van der Waals surface area contributed by atoms with Crippen molar-refractivity contribution in [2.45, 2.75) is 31.5 Å². The maximum Gasteiger partial charge on any atom is 0.253 e. The Labute approximate surface area is 140 Å². The van der Waals surface area contributed by atoms with Gasteiger partial charge in [0.15, 0.2) is 0 Å². The predicted molar refractivity (Wildman–Crippen MR) is 87.7 cm³/mol. The minimum absolute atomic E-state index is 0.000577. The lowest BCUT2D eigenvalue weighted by molar-refractivity contribution is -0.126. The van der Waals surface area contributed by atoms with Crippen LogP contribution in [0.1, 0.15) is 19.3 Å². The number of ether oxygens (including phenoxy) is 1. The lowest BCUT2D eigenvalue weighted by atomic mass is 10.2. The molecule has 7 nitrogen and oxygen atoms in total. The van der Waals surface area contributed by atoms with Gasteiger partial charge in [0.1, 0.15) is 11.9 Å². The molecule has 1 aromatic rings. The van der Waals surface area contributed by atoms with Gasteiger partial charge in [0.25, 0.3) is 5.91 Å². The van der Waals surface area contributed by atoms with Crippen LogP contribution in [0.2, 0.25) is 0 Å². The number of amides is 1. The van der Waals surface area contributed by atoms with Crippen molar-refractivity contribution in [2.24, 2.45) is 5.73 Å². The average Bonchev–Trinajstić information content (AvgIpc) is 3.15. The number of hydrogen-bond acceptors (Lipinski definition) is 5. The van der Waals surface area contributed by atoms with Crippen molar-refractivity contribution < 1.29 is 22.3 Å². The van der Waals surface area contributed by atoms with E-state index in [0.29, 0.717) is 25.1 Å². The smallest absolute Gasteiger partial charge is 0.253 e. The number of nitrogens with one attached hydrogen (secondary N) is 1. The summed E-state index contributed by atoms with van der Waals surface area (Å²) in [6.45, 7) is 0.595. The van der Waals surface area contributed by atoms with Gasteiger partial charge in [-0.25, -0.2) is 12.8 Å². The van der Waals surface area contributed by atoms with Crippen molar-refractivity contribution in [3.05, 3.63) is 24.0 Å². The monoisotopic (exact) mass is 357 g/mol. The number of rotatable bonds is 4. The number of halogens is 1. The first kappa shape index (κ1) is 17.1. The quantitative estimate of drug-likeness (QED) is 0.830. The predicted octanol–water partition coefficient (Wildman–Crippen LogP) is 0.810. The van der Waals surface area contributed by atoms with Crippen molar-refractivity contribution in [3.8, 4) is 0 Å². The molecule has 2 fully saturated rings. The fraction of sp³-hybridized carbons (Fsp3) is 0.533. The first-order valence-corrected chi connectivity index (χ1v) is 9.48. The van der Waals surface area contributed by atoms with Crippen LogP contribution in [0.5, 0.6) is 0 Å². The van der Waals surface area contributed by atoms with Gasteiger partial charge in [-0.1, -0.05) is 0 Å². The van der Waals surface area contributed by atoms with Crippen LogP contribution in [-0.4, -0.2) is 45.4 Å². The standard InChI is InChI=1S/C15H20FN3O4S/c16-12-4-2-10(8-13(12)19-6-1-7-24(19,21)22)18-15(20)14-5-3-11(9-17)23-14/h2,4,8,11,14H,1,3,5-7,9,17H2,(H,18,20)/t11-,14+/m1/s1. The molecule has 0 unspecified atom stereocenters. The Hall–Kier alpha value is -1.71. The molecule has 2 aliphatic rings. The number of carbonyl (C=O) groups excluding carboxylic acids is 1. The Morgan fingerprint density at radius 1 is 1.42 bits per heavy atom. The Balaban J connectivity index is 1.76. The van der Waals surface area contributed by atoms with Crippen LogP contribution in [0.15, 0.2) is 18.2 Å². The van der Waals surface area contributed by atoms with Gasteiger partial charge in [0.2, 0.25) is 10.0 Å². The minimum Gasteiger partial charge on any atom is -0.364 e. The molecule has 3 rings (SSSR count). The lowest BCUT2D eigenvalue weighted by Gasteiger charge is -2.19. The number of nitrogens with zero attached hydrogens (tertiary/aromatic N) is 1. The molecule has 2 heterocycles. The number of nitrogens with two attached hydrogens (primary N) is 1. The highest BCUT2D eigenvalue weighted by Crippen LogP contribution is 2.30. The van der Waals surface area contributed by atoms with Gasteiger partial charge in [-0.15, -0.1) is 0 Å². The maximum atomic E-state index is 14.0. The Morgan fingerprint density at radius 3 is 2.83 bits per heavy atom. The molecule has 9 heteroatoms. The second-order valence-corrected chi connectivity index (χ2v) is 7.97. The van der Waals surface area contributed by atoms with Crippen molar-refractivity contribution in [1.29, 1.82) is 0 Å². The molecule has 0 spiro atoms. The van der Waals surface area contributed by atoms with E-state index in [2.05, 4.69) is 5.32 Å². The van der Waals surface area contributed by atoms with Crippen LogP contribution in [-0.2, 0) is 19.6 Å². The van der Waals surface area contributed by atoms with Gasteiger partial charge in [-0.3, -0.25) is 9.10 Å². The van der Waals surface area contributed by atoms with E-state index in [4.69, 9.17) is 10.5 Å². The first-order valence-electron chi connectivity index (χ1n) is 7.87. The van der Waals surface area contributed by atoms with Crippen LogP contribution in [0.3, 0.4) is 0 Å². The van der Waals surface area contributed by atoms with E-state index in [1.54, 1.807) is 0 Å². The fourth-order valence-electron chi connectivity index (χ4n) is 2.99. The van der Waals surface area contributed by atoms with E-state index in [-0.39, 0.29) is 30.0 Å². The largest absolute Gasteiger partial charge is 0.364 e. The van der Waals surface area contributed by atoms with Gasteiger partial charge >= 0.3 is 0 Å². The summed E-state index contributed by atoms with van der Waals surface area (Å²) in [7, 11) is -3.49. The maximum absolute atomic E-state index is 14.0. The second-order valence-electron chi connectivity index (χ2n) is 5.96. The number of sulfonamides is 1. The summed E-state index contributed by atoms with van der Waals surface area (Å²) < 4.78 is 44.5. The number of hydrogen-bond donors (Lipinski definition) is 2. The highest BCUT2D eigenvalue weighted by Gasteiger charge is 2.32. The molecule has 2 aliphatic heterocycles. The number of benzene rings is 1. The average molecular weight is 357 g/mol. The third-order valence-corrected chi connectivity index (χ3v) is 6.10.